The monoisotopic (exact) mass is 205 g/mol. The Morgan fingerprint density at radius 1 is 1.57 bits per heavy atom. The number of rotatable bonds is 0. The van der Waals surface area contributed by atoms with E-state index in [1.165, 1.54) is 4.68 Å². The van der Waals surface area contributed by atoms with Crippen molar-refractivity contribution in [2.45, 2.75) is 19.6 Å². The lowest BCUT2D eigenvalue weighted by Gasteiger charge is -2.26. The Bertz CT molecular complexity index is 342. The Morgan fingerprint density at radius 3 is 2.93 bits per heavy atom. The summed E-state index contributed by atoms with van der Waals surface area (Å²) >= 11 is 0. The first-order chi connectivity index (χ1) is 6.47. The van der Waals surface area contributed by atoms with Gasteiger partial charge in [0.25, 0.3) is 0 Å². The van der Waals surface area contributed by atoms with Gasteiger partial charge in [0.1, 0.15) is 5.82 Å². The van der Waals surface area contributed by atoms with Crippen molar-refractivity contribution >= 4 is 5.82 Å². The summed E-state index contributed by atoms with van der Waals surface area (Å²) in [6.07, 6.45) is -4.15. The van der Waals surface area contributed by atoms with Crippen LogP contribution in [-0.2, 0) is 6.54 Å². The molecule has 14 heavy (non-hydrogen) atoms. The molecule has 6 heteroatoms. The Labute approximate surface area is 78.9 Å². The molecule has 1 atom stereocenters. The van der Waals surface area contributed by atoms with E-state index in [1.54, 1.807) is 13.0 Å². The first-order valence-electron chi connectivity index (χ1n) is 4.32. The molecule has 0 aromatic carbocycles. The molecule has 0 spiro atoms. The van der Waals surface area contributed by atoms with E-state index in [1.807, 2.05) is 0 Å². The topological polar surface area (TPSA) is 29.9 Å². The summed E-state index contributed by atoms with van der Waals surface area (Å²) in [4.78, 5) is 0. The van der Waals surface area contributed by atoms with Gasteiger partial charge < -0.3 is 5.32 Å². The van der Waals surface area contributed by atoms with E-state index in [-0.39, 0.29) is 13.1 Å². The second-order valence-corrected chi connectivity index (χ2v) is 3.47. The molecule has 1 aliphatic heterocycles. The molecular formula is C8H10F3N3. The number of aryl methyl sites for hydroxylation is 1. The Kier molecular flexibility index (Phi) is 1.94. The molecule has 2 heterocycles. The highest BCUT2D eigenvalue weighted by atomic mass is 19.4. The van der Waals surface area contributed by atoms with Crippen LogP contribution in [-0.4, -0.2) is 22.5 Å². The standard InChI is InChI=1S/C8H10F3N3/c1-5-2-7-12-3-6(8(9,10)11)4-14(7)13-5/h2,6,12H,3-4H2,1H3. The van der Waals surface area contributed by atoms with E-state index in [4.69, 9.17) is 0 Å². The lowest BCUT2D eigenvalue weighted by molar-refractivity contribution is -0.175. The van der Waals surface area contributed by atoms with E-state index >= 15 is 0 Å². The molecule has 0 amide bonds. The Balaban J connectivity index is 2.21. The SMILES string of the molecule is Cc1cc2n(n1)CC(C(F)(F)F)CN2. The predicted molar refractivity (Wildman–Crippen MR) is 45.0 cm³/mol. The van der Waals surface area contributed by atoms with Crippen LogP contribution in [0.25, 0.3) is 0 Å². The van der Waals surface area contributed by atoms with Crippen molar-refractivity contribution in [3.63, 3.8) is 0 Å². The maximum absolute atomic E-state index is 12.4. The summed E-state index contributed by atoms with van der Waals surface area (Å²) in [7, 11) is 0. The third kappa shape index (κ3) is 1.56. The largest absolute Gasteiger partial charge is 0.395 e. The van der Waals surface area contributed by atoms with Crippen LogP contribution in [0.15, 0.2) is 6.07 Å². The van der Waals surface area contributed by atoms with Crippen molar-refractivity contribution in [1.29, 1.82) is 0 Å². The molecule has 3 nitrogen and oxygen atoms in total. The van der Waals surface area contributed by atoms with Gasteiger partial charge in [-0.15, -0.1) is 0 Å². The number of nitrogens with zero attached hydrogens (tertiary/aromatic N) is 2. The third-order valence-electron chi connectivity index (χ3n) is 2.29. The molecule has 1 aromatic heterocycles. The number of hydrogen-bond acceptors (Lipinski definition) is 2. The molecule has 0 fully saturated rings. The Morgan fingerprint density at radius 2 is 2.29 bits per heavy atom. The van der Waals surface area contributed by atoms with Crippen LogP contribution in [0.5, 0.6) is 0 Å². The summed E-state index contributed by atoms with van der Waals surface area (Å²) in [5, 5.41) is 6.69. The summed E-state index contributed by atoms with van der Waals surface area (Å²) in [6.45, 7) is 1.61. The number of anilines is 1. The van der Waals surface area contributed by atoms with Crippen molar-refractivity contribution in [2.24, 2.45) is 5.92 Å². The fourth-order valence-electron chi connectivity index (χ4n) is 1.55. The molecule has 0 radical (unpaired) electrons. The molecule has 0 aliphatic carbocycles. The molecule has 1 aromatic rings. The summed E-state index contributed by atoms with van der Waals surface area (Å²) in [6, 6.07) is 1.74. The normalized spacial score (nSPS) is 21.6. The van der Waals surface area contributed by atoms with Crippen LogP contribution in [0, 0.1) is 12.8 Å². The number of hydrogen-bond donors (Lipinski definition) is 1. The van der Waals surface area contributed by atoms with E-state index in [2.05, 4.69) is 10.4 Å². The van der Waals surface area contributed by atoms with Crippen LogP contribution in [0.1, 0.15) is 5.69 Å². The van der Waals surface area contributed by atoms with Crippen LogP contribution in [0.3, 0.4) is 0 Å². The van der Waals surface area contributed by atoms with Crippen molar-refractivity contribution in [1.82, 2.24) is 9.78 Å². The van der Waals surface area contributed by atoms with Crippen LogP contribution in [0.2, 0.25) is 0 Å². The fourth-order valence-corrected chi connectivity index (χ4v) is 1.55. The molecule has 1 unspecified atom stereocenters. The summed E-state index contributed by atoms with van der Waals surface area (Å²) in [5.74, 6) is -0.669. The highest BCUT2D eigenvalue weighted by molar-refractivity contribution is 5.38. The average Bonchev–Trinajstić information content (AvgIpc) is 2.41. The second-order valence-electron chi connectivity index (χ2n) is 3.47. The van der Waals surface area contributed by atoms with Crippen molar-refractivity contribution < 1.29 is 13.2 Å². The smallest absolute Gasteiger partial charge is 0.370 e. The predicted octanol–water partition coefficient (Wildman–Crippen LogP) is 1.80. The maximum atomic E-state index is 12.4. The quantitative estimate of drug-likeness (QED) is 0.699. The van der Waals surface area contributed by atoms with Crippen LogP contribution in [0.4, 0.5) is 19.0 Å². The number of halogens is 3. The molecule has 1 N–H and O–H groups in total. The van der Waals surface area contributed by atoms with E-state index in [0.29, 0.717) is 5.82 Å². The van der Waals surface area contributed by atoms with E-state index in [9.17, 15) is 13.2 Å². The lowest BCUT2D eigenvalue weighted by atomic mass is 10.1. The van der Waals surface area contributed by atoms with E-state index < -0.39 is 12.1 Å². The van der Waals surface area contributed by atoms with E-state index in [0.717, 1.165) is 5.69 Å². The minimum Gasteiger partial charge on any atom is -0.370 e. The van der Waals surface area contributed by atoms with Crippen molar-refractivity contribution in [3.8, 4) is 0 Å². The van der Waals surface area contributed by atoms with Gasteiger partial charge in [0.15, 0.2) is 0 Å². The summed E-state index contributed by atoms with van der Waals surface area (Å²) < 4.78 is 38.5. The van der Waals surface area contributed by atoms with Crippen molar-refractivity contribution in [2.75, 3.05) is 11.9 Å². The van der Waals surface area contributed by atoms with Crippen LogP contribution < -0.4 is 5.32 Å². The molecular weight excluding hydrogens is 195 g/mol. The molecule has 0 saturated heterocycles. The van der Waals surface area contributed by atoms with Gasteiger partial charge in [-0.2, -0.15) is 18.3 Å². The molecule has 0 saturated carbocycles. The maximum Gasteiger partial charge on any atom is 0.395 e. The number of alkyl halides is 3. The third-order valence-corrected chi connectivity index (χ3v) is 2.29. The van der Waals surface area contributed by atoms with Gasteiger partial charge in [0.05, 0.1) is 18.2 Å². The van der Waals surface area contributed by atoms with Crippen LogP contribution >= 0.6 is 0 Å². The summed E-state index contributed by atoms with van der Waals surface area (Å²) in [5.41, 5.74) is 0.732. The zero-order chi connectivity index (χ0) is 10.3. The second kappa shape index (κ2) is 2.90. The number of fused-ring (bicyclic) bond motifs is 1. The zero-order valence-electron chi connectivity index (χ0n) is 7.60. The minimum atomic E-state index is -4.15. The van der Waals surface area contributed by atoms with Gasteiger partial charge in [-0.3, -0.25) is 0 Å². The fraction of sp³-hybridized carbons (Fsp3) is 0.625. The first-order valence-corrected chi connectivity index (χ1v) is 4.32. The molecule has 0 bridgehead atoms. The first kappa shape index (κ1) is 9.36. The van der Waals surface area contributed by atoms with Gasteiger partial charge in [-0.05, 0) is 6.92 Å². The molecule has 2 rings (SSSR count). The highest BCUT2D eigenvalue weighted by Gasteiger charge is 2.41. The van der Waals surface area contributed by atoms with Gasteiger partial charge in [-0.25, -0.2) is 4.68 Å². The van der Waals surface area contributed by atoms with Crippen molar-refractivity contribution in [3.05, 3.63) is 11.8 Å². The lowest BCUT2D eigenvalue weighted by Crippen LogP contribution is -2.37. The van der Waals surface area contributed by atoms with Gasteiger partial charge in [-0.1, -0.05) is 0 Å². The van der Waals surface area contributed by atoms with Gasteiger partial charge in [0.2, 0.25) is 0 Å². The zero-order valence-corrected chi connectivity index (χ0v) is 7.60. The highest BCUT2D eigenvalue weighted by Crippen LogP contribution is 2.31. The Hall–Kier alpha value is -1.20. The van der Waals surface area contributed by atoms with Gasteiger partial charge >= 0.3 is 6.18 Å². The number of nitrogens with one attached hydrogen (secondary N) is 1. The molecule has 1 aliphatic rings. The minimum absolute atomic E-state index is 0.0609. The molecule has 78 valence electrons. The van der Waals surface area contributed by atoms with Gasteiger partial charge in [0, 0.05) is 12.6 Å². The average molecular weight is 205 g/mol. The number of aromatic nitrogens is 2.